The maximum Gasteiger partial charge on any atom is 0.125 e. The Labute approximate surface area is 128 Å². The predicted molar refractivity (Wildman–Crippen MR) is 84.4 cm³/mol. The largest absolute Gasteiger partial charge is 0.488 e. The van der Waals surface area contributed by atoms with Gasteiger partial charge >= 0.3 is 0 Å². The van der Waals surface area contributed by atoms with E-state index in [1.807, 2.05) is 24.3 Å². The lowest BCUT2D eigenvalue weighted by atomic mass is 9.71. The van der Waals surface area contributed by atoms with Crippen molar-refractivity contribution in [3.63, 3.8) is 0 Å². The molecule has 3 nitrogen and oxygen atoms in total. The van der Waals surface area contributed by atoms with Crippen LogP contribution in [0.25, 0.3) is 0 Å². The molecule has 0 amide bonds. The molecule has 1 fully saturated rings. The zero-order valence-electron chi connectivity index (χ0n) is 13.6. The second-order valence-electron chi connectivity index (χ2n) is 7.18. The van der Waals surface area contributed by atoms with E-state index in [1.165, 1.54) is 0 Å². The van der Waals surface area contributed by atoms with Crippen molar-refractivity contribution in [3.8, 4) is 5.75 Å². The first-order chi connectivity index (χ1) is 9.90. The predicted octanol–water partition coefficient (Wildman–Crippen LogP) is 3.79. The third-order valence-electron chi connectivity index (χ3n) is 4.48. The van der Waals surface area contributed by atoms with Crippen LogP contribution in [0, 0.1) is 11.3 Å². The molecule has 2 rings (SSSR count). The summed E-state index contributed by atoms with van der Waals surface area (Å²) in [7, 11) is 1.69. The Balaban J connectivity index is 2.04. The summed E-state index contributed by atoms with van der Waals surface area (Å²) in [4.78, 5) is 0. The molecule has 0 radical (unpaired) electrons. The number of rotatable bonds is 4. The summed E-state index contributed by atoms with van der Waals surface area (Å²) in [5, 5.41) is 10.2. The number of hydrogen-bond acceptors (Lipinski definition) is 3. The van der Waals surface area contributed by atoms with E-state index in [0.29, 0.717) is 12.5 Å². The van der Waals surface area contributed by atoms with Crippen molar-refractivity contribution in [2.24, 2.45) is 11.3 Å². The van der Waals surface area contributed by atoms with Crippen molar-refractivity contribution < 1.29 is 14.6 Å². The zero-order valence-corrected chi connectivity index (χ0v) is 13.6. The fourth-order valence-corrected chi connectivity index (χ4v) is 3.08. The van der Waals surface area contributed by atoms with Crippen LogP contribution >= 0.6 is 0 Å². The summed E-state index contributed by atoms with van der Waals surface area (Å²) in [5.74, 6) is 1.41. The van der Waals surface area contributed by atoms with Crippen LogP contribution in [0.5, 0.6) is 5.75 Å². The van der Waals surface area contributed by atoms with Gasteiger partial charge in [0.1, 0.15) is 11.9 Å². The highest BCUT2D eigenvalue weighted by Gasteiger charge is 2.36. The quantitative estimate of drug-likeness (QED) is 0.917. The van der Waals surface area contributed by atoms with Gasteiger partial charge in [0.2, 0.25) is 0 Å². The Morgan fingerprint density at radius 1 is 1.24 bits per heavy atom. The second-order valence-corrected chi connectivity index (χ2v) is 7.18. The molecule has 118 valence electrons. The second kappa shape index (κ2) is 6.80. The number of aliphatic hydroxyl groups is 1. The molecule has 0 saturated heterocycles. The van der Waals surface area contributed by atoms with Gasteiger partial charge in [-0.1, -0.05) is 32.9 Å². The summed E-state index contributed by atoms with van der Waals surface area (Å²) in [6.07, 6.45) is 2.34. The molecule has 0 aromatic heterocycles. The average Bonchev–Trinajstić information content (AvgIpc) is 2.41. The number of ether oxygens (including phenoxy) is 2. The van der Waals surface area contributed by atoms with Gasteiger partial charge in [-0.2, -0.15) is 0 Å². The van der Waals surface area contributed by atoms with E-state index >= 15 is 0 Å². The van der Waals surface area contributed by atoms with Gasteiger partial charge in [-0.05, 0) is 48.3 Å². The molecule has 1 aromatic carbocycles. The maximum atomic E-state index is 10.2. The van der Waals surface area contributed by atoms with Gasteiger partial charge in [0.05, 0.1) is 12.7 Å². The molecule has 3 atom stereocenters. The van der Waals surface area contributed by atoms with Gasteiger partial charge in [0, 0.05) is 7.11 Å². The topological polar surface area (TPSA) is 38.7 Å². The first kappa shape index (κ1) is 16.3. The van der Waals surface area contributed by atoms with Crippen molar-refractivity contribution in [2.75, 3.05) is 7.11 Å². The van der Waals surface area contributed by atoms with Crippen LogP contribution < -0.4 is 4.74 Å². The van der Waals surface area contributed by atoms with Crippen LogP contribution in [-0.4, -0.2) is 24.4 Å². The van der Waals surface area contributed by atoms with Crippen LogP contribution in [-0.2, 0) is 11.3 Å². The highest BCUT2D eigenvalue weighted by molar-refractivity contribution is 5.28. The van der Waals surface area contributed by atoms with Gasteiger partial charge in [-0.3, -0.25) is 0 Å². The van der Waals surface area contributed by atoms with Crippen LogP contribution in [0.3, 0.4) is 0 Å². The standard InChI is InChI=1S/C18H28O3/c1-18(2,3)14-8-9-16(19)17(11-14)21-15-7-5-6-13(10-15)12-20-4/h5-7,10,14,16-17,19H,8-9,11-12H2,1-4H3. The van der Waals surface area contributed by atoms with Gasteiger partial charge < -0.3 is 14.6 Å². The molecule has 1 saturated carbocycles. The molecular weight excluding hydrogens is 264 g/mol. The van der Waals surface area contributed by atoms with Crippen molar-refractivity contribution in [1.82, 2.24) is 0 Å². The van der Waals surface area contributed by atoms with E-state index in [2.05, 4.69) is 20.8 Å². The molecular formula is C18H28O3. The first-order valence-electron chi connectivity index (χ1n) is 7.82. The van der Waals surface area contributed by atoms with Crippen LogP contribution in [0.2, 0.25) is 0 Å². The summed E-state index contributed by atoms with van der Waals surface area (Å²) < 4.78 is 11.2. The Kier molecular flexibility index (Phi) is 5.28. The third kappa shape index (κ3) is 4.45. The molecule has 1 aromatic rings. The Bertz CT molecular complexity index is 450. The van der Waals surface area contributed by atoms with Crippen molar-refractivity contribution in [1.29, 1.82) is 0 Å². The minimum absolute atomic E-state index is 0.110. The third-order valence-corrected chi connectivity index (χ3v) is 4.48. The minimum atomic E-state index is -0.366. The number of aliphatic hydroxyl groups excluding tert-OH is 1. The molecule has 3 heteroatoms. The van der Waals surface area contributed by atoms with Crippen molar-refractivity contribution in [3.05, 3.63) is 29.8 Å². The maximum absolute atomic E-state index is 10.2. The van der Waals surface area contributed by atoms with E-state index in [0.717, 1.165) is 30.6 Å². The Hall–Kier alpha value is -1.06. The summed E-state index contributed by atoms with van der Waals surface area (Å²) in [6, 6.07) is 7.94. The molecule has 0 aliphatic heterocycles. The van der Waals surface area contributed by atoms with E-state index in [4.69, 9.17) is 9.47 Å². The molecule has 1 N–H and O–H groups in total. The normalized spacial score (nSPS) is 26.6. The minimum Gasteiger partial charge on any atom is -0.488 e. The zero-order chi connectivity index (χ0) is 15.5. The van der Waals surface area contributed by atoms with Crippen LogP contribution in [0.4, 0.5) is 0 Å². The lowest BCUT2D eigenvalue weighted by Crippen LogP contribution is -2.41. The summed E-state index contributed by atoms with van der Waals surface area (Å²) in [6.45, 7) is 7.39. The number of methoxy groups -OCH3 is 1. The highest BCUT2D eigenvalue weighted by Crippen LogP contribution is 2.39. The summed E-state index contributed by atoms with van der Waals surface area (Å²) in [5.41, 5.74) is 1.35. The van der Waals surface area contributed by atoms with Crippen molar-refractivity contribution >= 4 is 0 Å². The monoisotopic (exact) mass is 292 g/mol. The molecule has 1 aliphatic rings. The lowest BCUT2D eigenvalue weighted by Gasteiger charge is -2.40. The van der Waals surface area contributed by atoms with E-state index in [-0.39, 0.29) is 17.6 Å². The smallest absolute Gasteiger partial charge is 0.125 e. The molecule has 0 spiro atoms. The Morgan fingerprint density at radius 2 is 2.00 bits per heavy atom. The van der Waals surface area contributed by atoms with Gasteiger partial charge in [-0.15, -0.1) is 0 Å². The van der Waals surface area contributed by atoms with E-state index in [9.17, 15) is 5.11 Å². The number of hydrogen-bond donors (Lipinski definition) is 1. The fraction of sp³-hybridized carbons (Fsp3) is 0.667. The molecule has 3 unspecified atom stereocenters. The van der Waals surface area contributed by atoms with E-state index < -0.39 is 0 Å². The average molecular weight is 292 g/mol. The van der Waals surface area contributed by atoms with Crippen LogP contribution in [0.1, 0.15) is 45.6 Å². The molecule has 0 heterocycles. The summed E-state index contributed by atoms with van der Waals surface area (Å²) >= 11 is 0. The van der Waals surface area contributed by atoms with Gasteiger partial charge in [-0.25, -0.2) is 0 Å². The van der Waals surface area contributed by atoms with Gasteiger partial charge in [0.25, 0.3) is 0 Å². The van der Waals surface area contributed by atoms with Gasteiger partial charge in [0.15, 0.2) is 0 Å². The lowest BCUT2D eigenvalue weighted by molar-refractivity contribution is -0.0298. The van der Waals surface area contributed by atoms with E-state index in [1.54, 1.807) is 7.11 Å². The molecule has 21 heavy (non-hydrogen) atoms. The first-order valence-corrected chi connectivity index (χ1v) is 7.82. The molecule has 1 aliphatic carbocycles. The number of benzene rings is 1. The SMILES string of the molecule is COCc1cccc(OC2CC(C(C)(C)C)CCC2O)c1. The fourth-order valence-electron chi connectivity index (χ4n) is 3.08. The Morgan fingerprint density at radius 3 is 2.67 bits per heavy atom. The van der Waals surface area contributed by atoms with Crippen LogP contribution in [0.15, 0.2) is 24.3 Å². The van der Waals surface area contributed by atoms with Crippen molar-refractivity contribution in [2.45, 2.75) is 58.8 Å². The highest BCUT2D eigenvalue weighted by atomic mass is 16.5. The molecule has 0 bridgehead atoms.